The molecule has 2 N–H and O–H groups in total. The maximum atomic E-state index is 14.9. The molecule has 2 saturated carbocycles. The molecule has 2 aromatic rings. The Morgan fingerprint density at radius 2 is 1.58 bits per heavy atom. The van der Waals surface area contributed by atoms with Crippen molar-refractivity contribution in [1.82, 2.24) is 0 Å². The molecule has 48 heavy (non-hydrogen) atoms. The molecule has 0 radical (unpaired) electrons. The monoisotopic (exact) mass is 655 g/mol. The lowest BCUT2D eigenvalue weighted by Gasteiger charge is -2.63. The molecule has 2 fully saturated rings. The summed E-state index contributed by atoms with van der Waals surface area (Å²) in [7, 11) is 0. The van der Waals surface area contributed by atoms with Crippen LogP contribution in [0.1, 0.15) is 121 Å². The summed E-state index contributed by atoms with van der Waals surface area (Å²) >= 11 is 0. The minimum Gasteiger partial charge on any atom is -0.505 e. The molecule has 6 atom stereocenters. The van der Waals surface area contributed by atoms with Crippen molar-refractivity contribution in [2.45, 2.75) is 108 Å². The molecule has 3 aliphatic rings. The molecule has 3 unspecified atom stereocenters. The number of hydrogen-bond donors (Lipinski definition) is 2. The zero-order valence-corrected chi connectivity index (χ0v) is 30.6. The zero-order valence-electron chi connectivity index (χ0n) is 30.6. The molecule has 0 aliphatic heterocycles. The number of anilines is 1. The van der Waals surface area contributed by atoms with Crippen LogP contribution < -0.4 is 5.32 Å². The van der Waals surface area contributed by atoms with Crippen LogP contribution in [0.15, 0.2) is 30.3 Å². The van der Waals surface area contributed by atoms with Gasteiger partial charge >= 0.3 is 0 Å². The van der Waals surface area contributed by atoms with Gasteiger partial charge in [0.1, 0.15) is 17.5 Å². The zero-order chi connectivity index (χ0) is 35.9. The molecule has 0 saturated heterocycles. The summed E-state index contributed by atoms with van der Waals surface area (Å²) in [5.41, 5.74) is 0.872. The molecule has 7 nitrogen and oxygen atoms in total. The number of phenols is 1. The standard InChI is InChI=1S/C41H53NO6/c1-21(2)26-16-28(42-19-25-15-13-12-14-24(25)17-38(6,7)8)33(44)30-27(26)18-39(9)20-40(10)31(22(3)4)34(45)29(23(5)43)36(47)41(40,11)37(48)32(39)35(30)46/h12-16,21-22,29,31-32,42,44H,17-20H2,1-11H3/t29?,31?,32?,39-,40-,41-/m1/s1. The number of benzene rings is 2. The summed E-state index contributed by atoms with van der Waals surface area (Å²) in [6.45, 7) is 21.5. The van der Waals surface area contributed by atoms with E-state index in [2.05, 4.69) is 38.2 Å². The summed E-state index contributed by atoms with van der Waals surface area (Å²) in [4.78, 5) is 70.5. The van der Waals surface area contributed by atoms with Gasteiger partial charge in [-0.2, -0.15) is 0 Å². The van der Waals surface area contributed by atoms with Crippen molar-refractivity contribution in [3.63, 3.8) is 0 Å². The predicted octanol–water partition coefficient (Wildman–Crippen LogP) is 7.69. The second-order valence-corrected chi connectivity index (χ2v) is 17.5. The summed E-state index contributed by atoms with van der Waals surface area (Å²) in [5, 5.41) is 15.2. The smallest absolute Gasteiger partial charge is 0.178 e. The Kier molecular flexibility index (Phi) is 8.75. The average Bonchev–Trinajstić information content (AvgIpc) is 2.94. The molecule has 258 valence electrons. The van der Waals surface area contributed by atoms with Crippen LogP contribution in [0.25, 0.3) is 0 Å². The Labute approximate surface area is 285 Å². The van der Waals surface area contributed by atoms with Gasteiger partial charge in [-0.05, 0) is 89.5 Å². The van der Waals surface area contributed by atoms with Crippen LogP contribution in [0.3, 0.4) is 0 Å². The minimum absolute atomic E-state index is 0.0127. The van der Waals surface area contributed by atoms with Crippen LogP contribution in [-0.4, -0.2) is 34.0 Å². The highest BCUT2D eigenvalue weighted by atomic mass is 16.3. The Morgan fingerprint density at radius 3 is 2.12 bits per heavy atom. The Hall–Kier alpha value is -3.61. The summed E-state index contributed by atoms with van der Waals surface area (Å²) in [6.07, 6.45) is 1.50. The van der Waals surface area contributed by atoms with E-state index in [1.807, 2.05) is 59.7 Å². The Balaban J connectivity index is 1.63. The van der Waals surface area contributed by atoms with Crippen LogP contribution in [0.4, 0.5) is 5.69 Å². The number of phenolic OH excluding ortho intramolecular Hbond substituents is 1. The molecule has 0 amide bonds. The van der Waals surface area contributed by atoms with Gasteiger partial charge in [0.2, 0.25) is 0 Å². The van der Waals surface area contributed by atoms with Gasteiger partial charge < -0.3 is 10.4 Å². The lowest BCUT2D eigenvalue weighted by molar-refractivity contribution is -0.185. The summed E-state index contributed by atoms with van der Waals surface area (Å²) in [5.74, 6) is -6.54. The van der Waals surface area contributed by atoms with E-state index in [0.717, 1.165) is 23.1 Å². The maximum absolute atomic E-state index is 14.9. The third-order valence-corrected chi connectivity index (χ3v) is 11.9. The quantitative estimate of drug-likeness (QED) is 0.232. The van der Waals surface area contributed by atoms with Gasteiger partial charge in [-0.1, -0.05) is 86.6 Å². The van der Waals surface area contributed by atoms with Crippen molar-refractivity contribution < 1.29 is 29.1 Å². The van der Waals surface area contributed by atoms with Gasteiger partial charge in [0, 0.05) is 12.5 Å². The van der Waals surface area contributed by atoms with E-state index in [4.69, 9.17) is 0 Å². The fraction of sp³-hybridized carbons (Fsp3) is 0.585. The molecule has 0 heterocycles. The average molecular weight is 656 g/mol. The lowest BCUT2D eigenvalue weighted by atomic mass is 9.36. The topological polar surface area (TPSA) is 118 Å². The molecule has 2 aromatic carbocycles. The van der Waals surface area contributed by atoms with Crippen LogP contribution in [0, 0.1) is 45.3 Å². The number of carbonyl (C=O) groups is 5. The number of rotatable bonds is 7. The SMILES string of the molecule is CC(=O)C1C(=O)C(C(C)C)[C@@]2(C)C[C@@]3(C)Cc4c(C(C)C)cc(NCc5ccccc5CC(C)(C)C)c(O)c4C(=O)C3C(=O)[C@@]2(C)C1=O. The van der Waals surface area contributed by atoms with E-state index >= 15 is 0 Å². The number of ketones is 5. The van der Waals surface area contributed by atoms with Crippen molar-refractivity contribution in [2.24, 2.45) is 45.3 Å². The highest BCUT2D eigenvalue weighted by molar-refractivity contribution is 6.31. The van der Waals surface area contributed by atoms with E-state index < -0.39 is 62.9 Å². The fourth-order valence-electron chi connectivity index (χ4n) is 9.84. The van der Waals surface area contributed by atoms with Crippen molar-refractivity contribution in [3.05, 3.63) is 58.1 Å². The number of nitrogens with one attached hydrogen (secondary N) is 1. The Morgan fingerprint density at radius 1 is 0.979 bits per heavy atom. The highest BCUT2D eigenvalue weighted by Gasteiger charge is 2.74. The fourth-order valence-corrected chi connectivity index (χ4v) is 9.84. The largest absolute Gasteiger partial charge is 0.505 e. The number of hydrogen-bond acceptors (Lipinski definition) is 7. The highest BCUT2D eigenvalue weighted by Crippen LogP contribution is 2.67. The van der Waals surface area contributed by atoms with Crippen LogP contribution in [0.2, 0.25) is 0 Å². The third kappa shape index (κ3) is 5.27. The number of aromatic hydroxyl groups is 1. The maximum Gasteiger partial charge on any atom is 0.178 e. The number of carbonyl (C=O) groups excluding carboxylic acids is 5. The lowest BCUT2D eigenvalue weighted by Crippen LogP contribution is -2.72. The molecular weight excluding hydrogens is 602 g/mol. The molecule has 3 aliphatic carbocycles. The molecule has 7 heteroatoms. The van der Waals surface area contributed by atoms with E-state index in [-0.39, 0.29) is 35.0 Å². The third-order valence-electron chi connectivity index (χ3n) is 11.9. The first kappa shape index (κ1) is 35.7. The van der Waals surface area contributed by atoms with Gasteiger partial charge in [-0.15, -0.1) is 0 Å². The van der Waals surface area contributed by atoms with Crippen molar-refractivity contribution in [1.29, 1.82) is 0 Å². The molecule has 0 bridgehead atoms. The second kappa shape index (κ2) is 11.8. The Bertz CT molecular complexity index is 1730. The van der Waals surface area contributed by atoms with Crippen molar-refractivity contribution >= 4 is 34.6 Å². The predicted molar refractivity (Wildman–Crippen MR) is 187 cm³/mol. The van der Waals surface area contributed by atoms with Crippen LogP contribution in [0.5, 0.6) is 5.75 Å². The van der Waals surface area contributed by atoms with E-state index in [1.165, 1.54) is 12.5 Å². The first-order valence-corrected chi connectivity index (χ1v) is 17.5. The minimum atomic E-state index is -1.72. The van der Waals surface area contributed by atoms with Crippen LogP contribution in [-0.2, 0) is 38.6 Å². The van der Waals surface area contributed by atoms with Crippen LogP contribution >= 0.6 is 0 Å². The first-order chi connectivity index (χ1) is 22.1. The second-order valence-electron chi connectivity index (χ2n) is 17.5. The van der Waals surface area contributed by atoms with Gasteiger partial charge in [0.15, 0.2) is 23.1 Å². The van der Waals surface area contributed by atoms with Gasteiger partial charge in [0.25, 0.3) is 0 Å². The number of Topliss-reactive ketones (excluding diaryl/α,β-unsaturated/α-hetero) is 5. The van der Waals surface area contributed by atoms with E-state index in [1.54, 1.807) is 6.92 Å². The van der Waals surface area contributed by atoms with E-state index in [9.17, 15) is 29.1 Å². The van der Waals surface area contributed by atoms with Gasteiger partial charge in [0.05, 0.1) is 22.6 Å². The van der Waals surface area contributed by atoms with E-state index in [0.29, 0.717) is 18.7 Å². The van der Waals surface area contributed by atoms with Crippen molar-refractivity contribution in [2.75, 3.05) is 5.32 Å². The first-order valence-electron chi connectivity index (χ1n) is 17.5. The van der Waals surface area contributed by atoms with Gasteiger partial charge in [-0.3, -0.25) is 24.0 Å². The molecule has 0 aromatic heterocycles. The molecule has 0 spiro atoms. The molecular formula is C41H53NO6. The normalized spacial score (nSPS) is 30.3. The summed E-state index contributed by atoms with van der Waals surface area (Å²) in [6, 6.07) is 10.1. The van der Waals surface area contributed by atoms with Gasteiger partial charge in [-0.25, -0.2) is 0 Å². The van der Waals surface area contributed by atoms with Crippen molar-refractivity contribution in [3.8, 4) is 5.75 Å². The molecule has 5 rings (SSSR count). The number of fused-ring (bicyclic) bond motifs is 3. The summed E-state index contributed by atoms with van der Waals surface area (Å²) < 4.78 is 0.